The van der Waals surface area contributed by atoms with Gasteiger partial charge >= 0.3 is 0 Å². The molecule has 0 radical (unpaired) electrons. The number of aryl methyl sites for hydroxylation is 1. The van der Waals surface area contributed by atoms with E-state index in [-0.39, 0.29) is 37.3 Å². The van der Waals surface area contributed by atoms with Gasteiger partial charge in [0.25, 0.3) is 17.9 Å². The summed E-state index contributed by atoms with van der Waals surface area (Å²) in [7, 11) is 0. The van der Waals surface area contributed by atoms with Crippen molar-refractivity contribution in [3.63, 3.8) is 0 Å². The second-order valence-electron chi connectivity index (χ2n) is 8.75. The smallest absolute Gasteiger partial charge is 0.273 e. The third-order valence-corrected chi connectivity index (χ3v) is 6.61. The van der Waals surface area contributed by atoms with E-state index in [1.807, 2.05) is 6.92 Å². The average molecular weight is 446 g/mol. The van der Waals surface area contributed by atoms with Crippen molar-refractivity contribution in [3.8, 4) is 0 Å². The molecular formula is C23H22F4N4O. The monoisotopic (exact) mass is 446 g/mol. The van der Waals surface area contributed by atoms with Crippen LogP contribution in [0.2, 0.25) is 0 Å². The Bertz CT molecular complexity index is 1280. The van der Waals surface area contributed by atoms with Crippen molar-refractivity contribution in [3.05, 3.63) is 63.3 Å². The molecule has 168 valence electrons. The lowest BCUT2D eigenvalue weighted by Gasteiger charge is -2.22. The van der Waals surface area contributed by atoms with Crippen molar-refractivity contribution >= 4 is 16.7 Å². The molecule has 2 heterocycles. The Balaban J connectivity index is 1.58. The molecule has 1 aromatic carbocycles. The first-order chi connectivity index (χ1) is 15.1. The molecule has 5 nitrogen and oxygen atoms in total. The summed E-state index contributed by atoms with van der Waals surface area (Å²) in [4.78, 5) is 21.3. The highest BCUT2D eigenvalue weighted by Gasteiger charge is 2.53. The van der Waals surface area contributed by atoms with Crippen LogP contribution in [0.15, 0.2) is 35.3 Å². The van der Waals surface area contributed by atoms with Crippen LogP contribution in [0.4, 0.5) is 23.4 Å². The Labute approximate surface area is 181 Å². The zero-order chi connectivity index (χ0) is 22.8. The zero-order valence-corrected chi connectivity index (χ0v) is 17.6. The van der Waals surface area contributed by atoms with Gasteiger partial charge in [0.15, 0.2) is 0 Å². The van der Waals surface area contributed by atoms with Crippen LogP contribution in [-0.4, -0.2) is 21.0 Å². The standard InChI is InChI=1S/C23H22F4N4O/c1-12(14-4-3-5-17-15(14)6-7-23(17,26)27)28-20-16-11-31(22(8-9-22)21(24)25)19(32)10-18(16)29-13(2)30-20/h3-5,10-12,21H,6-9H2,1-2H3,(H,28,29,30)/t12-/m1/s1. The molecule has 0 saturated heterocycles. The molecule has 32 heavy (non-hydrogen) atoms. The van der Waals surface area contributed by atoms with Gasteiger partial charge in [-0.05, 0) is 44.2 Å². The van der Waals surface area contributed by atoms with Crippen molar-refractivity contribution in [1.29, 1.82) is 0 Å². The highest BCUT2D eigenvalue weighted by atomic mass is 19.3. The number of pyridine rings is 1. The molecule has 1 N–H and O–H groups in total. The van der Waals surface area contributed by atoms with Gasteiger partial charge in [-0.25, -0.2) is 27.5 Å². The maximum atomic E-state index is 14.2. The van der Waals surface area contributed by atoms with E-state index in [1.54, 1.807) is 19.1 Å². The molecule has 2 aliphatic carbocycles. The number of anilines is 1. The van der Waals surface area contributed by atoms with E-state index in [2.05, 4.69) is 15.3 Å². The first-order valence-electron chi connectivity index (χ1n) is 10.6. The minimum absolute atomic E-state index is 0.0498. The van der Waals surface area contributed by atoms with Crippen LogP contribution < -0.4 is 10.9 Å². The second-order valence-corrected chi connectivity index (χ2v) is 8.75. The van der Waals surface area contributed by atoms with Crippen molar-refractivity contribution in [2.75, 3.05) is 5.32 Å². The second kappa shape index (κ2) is 7.02. The molecule has 3 aromatic rings. The van der Waals surface area contributed by atoms with Crippen molar-refractivity contribution in [1.82, 2.24) is 14.5 Å². The summed E-state index contributed by atoms with van der Waals surface area (Å²) in [6.07, 6.45) is -0.741. The SMILES string of the molecule is Cc1nc(N[C@H](C)c2cccc3c2CCC3(F)F)c2cn(C3(C(F)F)CC3)c(=O)cc2n1. The third-order valence-electron chi connectivity index (χ3n) is 6.61. The van der Waals surface area contributed by atoms with Gasteiger partial charge in [-0.2, -0.15) is 0 Å². The molecule has 0 spiro atoms. The number of nitrogens with one attached hydrogen (secondary N) is 1. The fraction of sp³-hybridized carbons (Fsp3) is 0.435. The van der Waals surface area contributed by atoms with E-state index < -0.39 is 23.4 Å². The Morgan fingerprint density at radius 2 is 1.91 bits per heavy atom. The normalized spacial score (nSPS) is 19.2. The Morgan fingerprint density at radius 1 is 1.16 bits per heavy atom. The topological polar surface area (TPSA) is 59.8 Å². The fourth-order valence-corrected chi connectivity index (χ4v) is 4.70. The number of benzene rings is 1. The van der Waals surface area contributed by atoms with E-state index in [0.717, 1.165) is 10.1 Å². The predicted molar refractivity (Wildman–Crippen MR) is 112 cm³/mol. The molecule has 0 bridgehead atoms. The first kappa shape index (κ1) is 20.9. The average Bonchev–Trinajstić information content (AvgIpc) is 3.47. The molecule has 9 heteroatoms. The van der Waals surface area contributed by atoms with Crippen LogP contribution in [-0.2, 0) is 17.9 Å². The molecule has 0 amide bonds. The van der Waals surface area contributed by atoms with E-state index >= 15 is 0 Å². The number of rotatable bonds is 5. The molecule has 0 aliphatic heterocycles. The molecule has 2 aliphatic rings. The molecule has 5 rings (SSSR count). The van der Waals surface area contributed by atoms with E-state index in [1.165, 1.54) is 18.3 Å². The highest BCUT2D eigenvalue weighted by molar-refractivity contribution is 5.88. The van der Waals surface area contributed by atoms with Crippen LogP contribution in [0, 0.1) is 6.92 Å². The Kier molecular flexibility index (Phi) is 4.58. The number of nitrogens with zero attached hydrogens (tertiary/aromatic N) is 3. The lowest BCUT2D eigenvalue weighted by atomic mass is 9.97. The molecule has 1 fully saturated rings. The van der Waals surface area contributed by atoms with Crippen molar-refractivity contribution < 1.29 is 17.6 Å². The lowest BCUT2D eigenvalue weighted by molar-refractivity contribution is -0.00184. The van der Waals surface area contributed by atoms with Crippen LogP contribution in [0.1, 0.15) is 54.7 Å². The van der Waals surface area contributed by atoms with Gasteiger partial charge in [0.2, 0.25) is 0 Å². The minimum atomic E-state index is -2.84. The minimum Gasteiger partial charge on any atom is -0.363 e. The largest absolute Gasteiger partial charge is 0.363 e. The fourth-order valence-electron chi connectivity index (χ4n) is 4.70. The molecular weight excluding hydrogens is 424 g/mol. The van der Waals surface area contributed by atoms with Crippen LogP contribution in [0.25, 0.3) is 10.9 Å². The van der Waals surface area contributed by atoms with E-state index in [4.69, 9.17) is 0 Å². The predicted octanol–water partition coefficient (Wildman–Crippen LogP) is 5.07. The Morgan fingerprint density at radius 3 is 2.59 bits per heavy atom. The van der Waals surface area contributed by atoms with Gasteiger partial charge in [0, 0.05) is 24.2 Å². The first-order valence-corrected chi connectivity index (χ1v) is 10.6. The highest BCUT2D eigenvalue weighted by Crippen LogP contribution is 2.48. The van der Waals surface area contributed by atoms with Crippen molar-refractivity contribution in [2.24, 2.45) is 0 Å². The zero-order valence-electron chi connectivity index (χ0n) is 17.6. The summed E-state index contributed by atoms with van der Waals surface area (Å²) < 4.78 is 56.8. The lowest BCUT2D eigenvalue weighted by Crippen LogP contribution is -2.35. The van der Waals surface area contributed by atoms with Crippen LogP contribution >= 0.6 is 0 Å². The molecule has 1 saturated carbocycles. The number of halogens is 4. The summed E-state index contributed by atoms with van der Waals surface area (Å²) in [5.74, 6) is -2.06. The van der Waals surface area contributed by atoms with Crippen molar-refractivity contribution in [2.45, 2.75) is 63.5 Å². The summed E-state index contributed by atoms with van der Waals surface area (Å²) in [5.41, 5.74) is -0.249. The third kappa shape index (κ3) is 3.17. The number of aromatic nitrogens is 3. The van der Waals surface area contributed by atoms with Crippen LogP contribution in [0.3, 0.4) is 0 Å². The maximum absolute atomic E-state index is 14.2. The molecule has 0 unspecified atom stereocenters. The summed E-state index contributed by atoms with van der Waals surface area (Å²) in [6, 6.07) is 5.76. The van der Waals surface area contributed by atoms with Gasteiger partial charge < -0.3 is 9.88 Å². The quantitative estimate of drug-likeness (QED) is 0.557. The number of alkyl halides is 4. The van der Waals surface area contributed by atoms with Crippen LogP contribution in [0.5, 0.6) is 0 Å². The van der Waals surface area contributed by atoms with Gasteiger partial charge in [-0.3, -0.25) is 4.79 Å². The maximum Gasteiger partial charge on any atom is 0.273 e. The summed E-state index contributed by atoms with van der Waals surface area (Å²) in [6.45, 7) is 3.51. The number of hydrogen-bond acceptors (Lipinski definition) is 4. The van der Waals surface area contributed by atoms with Gasteiger partial charge in [0.05, 0.1) is 16.9 Å². The summed E-state index contributed by atoms with van der Waals surface area (Å²) in [5, 5.41) is 3.68. The summed E-state index contributed by atoms with van der Waals surface area (Å²) >= 11 is 0. The van der Waals surface area contributed by atoms with Gasteiger partial charge in [0.1, 0.15) is 17.2 Å². The van der Waals surface area contributed by atoms with Gasteiger partial charge in [-0.15, -0.1) is 0 Å². The number of fused-ring (bicyclic) bond motifs is 2. The Hall–Kier alpha value is -2.97. The molecule has 1 atom stereocenters. The molecule has 2 aromatic heterocycles. The van der Waals surface area contributed by atoms with E-state index in [9.17, 15) is 22.4 Å². The van der Waals surface area contributed by atoms with E-state index in [0.29, 0.717) is 28.1 Å². The number of hydrogen-bond donors (Lipinski definition) is 1. The van der Waals surface area contributed by atoms with Gasteiger partial charge in [-0.1, -0.05) is 18.2 Å².